The molecule has 0 amide bonds. The Hall–Kier alpha value is -1.33. The van der Waals surface area contributed by atoms with Gasteiger partial charge >= 0.3 is 0 Å². The van der Waals surface area contributed by atoms with Crippen molar-refractivity contribution in [1.82, 2.24) is 4.72 Å². The lowest BCUT2D eigenvalue weighted by Gasteiger charge is -2.10. The molecule has 0 aliphatic carbocycles. The number of benzene rings is 1. The minimum atomic E-state index is -3.48. The molecule has 0 unspecified atom stereocenters. The van der Waals surface area contributed by atoms with Crippen LogP contribution in [0.1, 0.15) is 19.4 Å². The first-order chi connectivity index (χ1) is 8.36. The molecular weight excluding hydrogens is 250 g/mol. The third-order valence-corrected chi connectivity index (χ3v) is 3.72. The van der Waals surface area contributed by atoms with Gasteiger partial charge in [-0.15, -0.1) is 0 Å². The van der Waals surface area contributed by atoms with E-state index in [4.69, 9.17) is 4.74 Å². The Balaban J connectivity index is 2.96. The molecule has 0 bridgehead atoms. The predicted molar refractivity (Wildman–Crippen MR) is 72.4 cm³/mol. The highest BCUT2D eigenvalue weighted by Gasteiger charge is 2.14. The van der Waals surface area contributed by atoms with Crippen LogP contribution in [0.25, 0.3) is 0 Å². The van der Waals surface area contributed by atoms with Gasteiger partial charge in [0.2, 0.25) is 10.0 Å². The standard InChI is InChI=1S/C13H19NO3S/c1-5-17-13-7-6-12(8-11(13)4)18(15,16)14-9-10(2)3/h6-8,14H,2,5,9H2,1,3-4H3. The highest BCUT2D eigenvalue weighted by atomic mass is 32.2. The van der Waals surface area contributed by atoms with Crippen molar-refractivity contribution in [2.24, 2.45) is 0 Å². The second-order valence-corrected chi connectivity index (χ2v) is 5.91. The van der Waals surface area contributed by atoms with E-state index in [0.29, 0.717) is 12.4 Å². The summed E-state index contributed by atoms with van der Waals surface area (Å²) in [6.45, 7) is 9.94. The van der Waals surface area contributed by atoms with E-state index in [1.54, 1.807) is 25.1 Å². The molecule has 18 heavy (non-hydrogen) atoms. The lowest BCUT2D eigenvalue weighted by atomic mass is 10.2. The van der Waals surface area contributed by atoms with Crippen LogP contribution in [-0.2, 0) is 10.0 Å². The summed E-state index contributed by atoms with van der Waals surface area (Å²) in [6.07, 6.45) is 0. The van der Waals surface area contributed by atoms with Gasteiger partial charge in [0.15, 0.2) is 0 Å². The van der Waals surface area contributed by atoms with Crippen molar-refractivity contribution in [2.75, 3.05) is 13.2 Å². The molecule has 0 atom stereocenters. The zero-order chi connectivity index (χ0) is 13.8. The molecule has 0 aromatic heterocycles. The van der Waals surface area contributed by atoms with Crippen LogP contribution < -0.4 is 9.46 Å². The Bertz CT molecular complexity index is 535. The summed E-state index contributed by atoms with van der Waals surface area (Å²) in [7, 11) is -3.48. The van der Waals surface area contributed by atoms with E-state index in [1.165, 1.54) is 0 Å². The Labute approximate surface area is 109 Å². The summed E-state index contributed by atoms with van der Waals surface area (Å²) >= 11 is 0. The van der Waals surface area contributed by atoms with E-state index in [0.717, 1.165) is 11.1 Å². The summed E-state index contributed by atoms with van der Waals surface area (Å²) in [5.41, 5.74) is 1.57. The van der Waals surface area contributed by atoms with Crippen molar-refractivity contribution in [3.63, 3.8) is 0 Å². The van der Waals surface area contributed by atoms with Gasteiger partial charge in [-0.1, -0.05) is 12.2 Å². The molecule has 1 aromatic rings. The van der Waals surface area contributed by atoms with Gasteiger partial charge in [0.1, 0.15) is 5.75 Å². The van der Waals surface area contributed by atoms with E-state index in [-0.39, 0.29) is 11.4 Å². The molecule has 4 nitrogen and oxygen atoms in total. The smallest absolute Gasteiger partial charge is 0.240 e. The topological polar surface area (TPSA) is 55.4 Å². The maximum absolute atomic E-state index is 12.0. The number of sulfonamides is 1. The zero-order valence-corrected chi connectivity index (χ0v) is 11.8. The first-order valence-electron chi connectivity index (χ1n) is 5.74. The minimum Gasteiger partial charge on any atom is -0.494 e. The molecular formula is C13H19NO3S. The number of ether oxygens (including phenoxy) is 1. The van der Waals surface area contributed by atoms with E-state index in [9.17, 15) is 8.42 Å². The van der Waals surface area contributed by atoms with Crippen molar-refractivity contribution >= 4 is 10.0 Å². The number of nitrogens with one attached hydrogen (secondary N) is 1. The quantitative estimate of drug-likeness (QED) is 0.806. The molecule has 1 rings (SSSR count). The predicted octanol–water partition coefficient (Wildman–Crippen LogP) is 2.25. The summed E-state index contributed by atoms with van der Waals surface area (Å²) in [5, 5.41) is 0. The fraction of sp³-hybridized carbons (Fsp3) is 0.385. The molecule has 0 saturated heterocycles. The normalized spacial score (nSPS) is 11.3. The Morgan fingerprint density at radius 1 is 1.44 bits per heavy atom. The maximum atomic E-state index is 12.0. The summed E-state index contributed by atoms with van der Waals surface area (Å²) in [6, 6.07) is 4.82. The summed E-state index contributed by atoms with van der Waals surface area (Å²) < 4.78 is 31.8. The van der Waals surface area contributed by atoms with Crippen LogP contribution in [0, 0.1) is 6.92 Å². The van der Waals surface area contributed by atoms with Gasteiger partial charge in [-0.05, 0) is 44.5 Å². The zero-order valence-electron chi connectivity index (χ0n) is 11.0. The van der Waals surface area contributed by atoms with Crippen LogP contribution in [0.3, 0.4) is 0 Å². The first-order valence-corrected chi connectivity index (χ1v) is 7.22. The lowest BCUT2D eigenvalue weighted by Crippen LogP contribution is -2.25. The van der Waals surface area contributed by atoms with Crippen molar-refractivity contribution < 1.29 is 13.2 Å². The van der Waals surface area contributed by atoms with Crippen LogP contribution in [0.15, 0.2) is 35.2 Å². The third-order valence-electron chi connectivity index (χ3n) is 2.32. The molecule has 5 heteroatoms. The van der Waals surface area contributed by atoms with E-state index < -0.39 is 10.0 Å². The monoisotopic (exact) mass is 269 g/mol. The number of hydrogen-bond donors (Lipinski definition) is 1. The van der Waals surface area contributed by atoms with Gasteiger partial charge < -0.3 is 4.74 Å². The molecule has 0 saturated carbocycles. The van der Waals surface area contributed by atoms with Gasteiger partial charge in [0.05, 0.1) is 11.5 Å². The van der Waals surface area contributed by atoms with Gasteiger partial charge in [0, 0.05) is 6.54 Å². The fourth-order valence-electron chi connectivity index (χ4n) is 1.41. The SMILES string of the molecule is C=C(C)CNS(=O)(=O)c1ccc(OCC)c(C)c1. The van der Waals surface area contributed by atoms with Crippen molar-refractivity contribution in [1.29, 1.82) is 0 Å². The van der Waals surface area contributed by atoms with Gasteiger partial charge in [-0.25, -0.2) is 13.1 Å². The van der Waals surface area contributed by atoms with Crippen molar-refractivity contribution in [3.8, 4) is 5.75 Å². The average Bonchev–Trinajstić information content (AvgIpc) is 2.29. The molecule has 0 fully saturated rings. The largest absolute Gasteiger partial charge is 0.494 e. The Morgan fingerprint density at radius 3 is 2.61 bits per heavy atom. The molecule has 1 aromatic carbocycles. The third kappa shape index (κ3) is 3.85. The number of rotatable bonds is 6. The van der Waals surface area contributed by atoms with Crippen LogP contribution in [0.4, 0.5) is 0 Å². The first kappa shape index (κ1) is 14.7. The molecule has 100 valence electrons. The molecule has 0 aliphatic heterocycles. The second kappa shape index (κ2) is 6.02. The van der Waals surface area contributed by atoms with Crippen LogP contribution in [-0.4, -0.2) is 21.6 Å². The molecule has 0 aliphatic rings. The van der Waals surface area contributed by atoms with E-state index >= 15 is 0 Å². The highest BCUT2D eigenvalue weighted by molar-refractivity contribution is 7.89. The van der Waals surface area contributed by atoms with Crippen molar-refractivity contribution in [2.45, 2.75) is 25.7 Å². The van der Waals surface area contributed by atoms with E-state index in [1.807, 2.05) is 13.8 Å². The summed E-state index contributed by atoms with van der Waals surface area (Å²) in [4.78, 5) is 0.240. The Kier molecular flexibility index (Phi) is 4.93. The summed E-state index contributed by atoms with van der Waals surface area (Å²) in [5.74, 6) is 0.705. The maximum Gasteiger partial charge on any atom is 0.240 e. The number of aryl methyl sites for hydroxylation is 1. The minimum absolute atomic E-state index is 0.240. The fourth-order valence-corrected chi connectivity index (χ4v) is 2.59. The highest BCUT2D eigenvalue weighted by Crippen LogP contribution is 2.21. The Morgan fingerprint density at radius 2 is 2.11 bits per heavy atom. The second-order valence-electron chi connectivity index (χ2n) is 4.14. The lowest BCUT2D eigenvalue weighted by molar-refractivity contribution is 0.337. The van der Waals surface area contributed by atoms with Crippen LogP contribution in [0.2, 0.25) is 0 Å². The molecule has 1 N–H and O–H groups in total. The van der Waals surface area contributed by atoms with Gasteiger partial charge in [-0.2, -0.15) is 0 Å². The van der Waals surface area contributed by atoms with Gasteiger partial charge in [0.25, 0.3) is 0 Å². The van der Waals surface area contributed by atoms with E-state index in [2.05, 4.69) is 11.3 Å². The molecule has 0 heterocycles. The molecule has 0 spiro atoms. The van der Waals surface area contributed by atoms with Crippen LogP contribution in [0.5, 0.6) is 5.75 Å². The molecule has 0 radical (unpaired) electrons. The number of hydrogen-bond acceptors (Lipinski definition) is 3. The van der Waals surface area contributed by atoms with Crippen LogP contribution >= 0.6 is 0 Å². The average molecular weight is 269 g/mol. The van der Waals surface area contributed by atoms with Crippen molar-refractivity contribution in [3.05, 3.63) is 35.9 Å². The van der Waals surface area contributed by atoms with Gasteiger partial charge in [-0.3, -0.25) is 0 Å².